The Morgan fingerprint density at radius 1 is 1.23 bits per heavy atom. The van der Waals surface area contributed by atoms with Crippen molar-refractivity contribution in [2.75, 3.05) is 13.1 Å². The summed E-state index contributed by atoms with van der Waals surface area (Å²) in [6.07, 6.45) is 0.665. The van der Waals surface area contributed by atoms with Crippen LogP contribution in [0.4, 0.5) is 0 Å². The third-order valence-electron chi connectivity index (χ3n) is 7.65. The number of oxazole rings is 1. The molecule has 5 rings (SSSR count). The maximum absolute atomic E-state index is 11.3. The highest BCUT2D eigenvalue weighted by atomic mass is 35.5. The van der Waals surface area contributed by atoms with Gasteiger partial charge in [-0.2, -0.15) is 0 Å². The number of carbonyl (C=O) groups is 1. The number of rotatable bonds is 5. The Balaban J connectivity index is 1.44. The van der Waals surface area contributed by atoms with Crippen molar-refractivity contribution in [3.63, 3.8) is 0 Å². The van der Waals surface area contributed by atoms with E-state index in [2.05, 4.69) is 4.90 Å². The van der Waals surface area contributed by atoms with Gasteiger partial charge < -0.3 is 18.8 Å². The van der Waals surface area contributed by atoms with Gasteiger partial charge in [0.05, 0.1) is 22.1 Å². The standard InChI is InChI=1S/C26H30BClN2O5/c1-15-18(7-6-8-19(15)27-34-25(2,3)26(4,5)35-27)23-29-21-12-16(11-20(28)22(21)33-23)13-30-10-9-17(14-30)24(31)32/h6-8,11-12,17H,9-10,13-14H2,1-5H3,(H,31,32). The molecule has 0 saturated carbocycles. The number of fused-ring (bicyclic) bond motifs is 1. The highest BCUT2D eigenvalue weighted by molar-refractivity contribution is 6.62. The smallest absolute Gasteiger partial charge is 0.481 e. The molecule has 2 aliphatic rings. The quantitative estimate of drug-likeness (QED) is 0.514. The zero-order chi connectivity index (χ0) is 25.1. The minimum atomic E-state index is -0.736. The lowest BCUT2D eigenvalue weighted by molar-refractivity contribution is -0.141. The molecular weight excluding hydrogens is 467 g/mol. The van der Waals surface area contributed by atoms with E-state index in [0.29, 0.717) is 41.5 Å². The van der Waals surface area contributed by atoms with E-state index in [-0.39, 0.29) is 5.92 Å². The van der Waals surface area contributed by atoms with Gasteiger partial charge in [0.15, 0.2) is 5.58 Å². The fraction of sp³-hybridized carbons (Fsp3) is 0.462. The first-order chi connectivity index (χ1) is 16.4. The number of carboxylic acids is 1. The van der Waals surface area contributed by atoms with Crippen LogP contribution in [-0.2, 0) is 20.6 Å². The summed E-state index contributed by atoms with van der Waals surface area (Å²) in [5.41, 5.74) is 4.12. The Hall–Kier alpha value is -2.39. The Bertz CT molecular complexity index is 1290. The van der Waals surface area contributed by atoms with Gasteiger partial charge in [-0.3, -0.25) is 9.69 Å². The van der Waals surface area contributed by atoms with Gasteiger partial charge in [0.25, 0.3) is 0 Å². The molecule has 2 fully saturated rings. The summed E-state index contributed by atoms with van der Waals surface area (Å²) in [6, 6.07) is 9.78. The number of hydrogen-bond acceptors (Lipinski definition) is 6. The molecule has 2 saturated heterocycles. The maximum atomic E-state index is 11.3. The van der Waals surface area contributed by atoms with E-state index in [1.165, 1.54) is 0 Å². The van der Waals surface area contributed by atoms with E-state index < -0.39 is 24.3 Å². The van der Waals surface area contributed by atoms with Crippen molar-refractivity contribution in [3.05, 3.63) is 46.5 Å². The maximum Gasteiger partial charge on any atom is 0.495 e. The summed E-state index contributed by atoms with van der Waals surface area (Å²) in [5.74, 6) is -0.561. The van der Waals surface area contributed by atoms with E-state index in [4.69, 9.17) is 30.3 Å². The molecule has 2 aromatic carbocycles. The number of nitrogens with zero attached hydrogens (tertiary/aromatic N) is 2. The predicted molar refractivity (Wildman–Crippen MR) is 136 cm³/mol. The molecule has 35 heavy (non-hydrogen) atoms. The second-order valence-corrected chi connectivity index (χ2v) is 11.0. The molecule has 3 heterocycles. The molecule has 0 amide bonds. The Labute approximate surface area is 210 Å². The highest BCUT2D eigenvalue weighted by Crippen LogP contribution is 2.38. The summed E-state index contributed by atoms with van der Waals surface area (Å²) < 4.78 is 18.7. The van der Waals surface area contributed by atoms with Gasteiger partial charge >= 0.3 is 13.1 Å². The van der Waals surface area contributed by atoms with Crippen molar-refractivity contribution < 1.29 is 23.6 Å². The van der Waals surface area contributed by atoms with Gasteiger partial charge in [-0.1, -0.05) is 23.7 Å². The molecule has 1 unspecified atom stereocenters. The van der Waals surface area contributed by atoms with Gasteiger partial charge in [-0.05, 0) is 82.4 Å². The van der Waals surface area contributed by atoms with Crippen LogP contribution < -0.4 is 5.46 Å². The van der Waals surface area contributed by atoms with Gasteiger partial charge in [-0.25, -0.2) is 4.98 Å². The largest absolute Gasteiger partial charge is 0.495 e. The van der Waals surface area contributed by atoms with Gasteiger partial charge in [0.2, 0.25) is 5.89 Å². The Kier molecular flexibility index (Phi) is 5.99. The average Bonchev–Trinajstić information content (AvgIpc) is 3.45. The summed E-state index contributed by atoms with van der Waals surface area (Å²) >= 11 is 6.58. The first-order valence-electron chi connectivity index (χ1n) is 11.9. The number of aliphatic carboxylic acids is 1. The first kappa shape index (κ1) is 24.3. The van der Waals surface area contributed by atoms with Crippen LogP contribution >= 0.6 is 11.6 Å². The minimum Gasteiger partial charge on any atom is -0.481 e. The van der Waals surface area contributed by atoms with Crippen molar-refractivity contribution in [1.29, 1.82) is 0 Å². The van der Waals surface area contributed by atoms with Gasteiger partial charge in [0, 0.05) is 18.7 Å². The average molecular weight is 497 g/mol. The normalized spacial score (nSPS) is 21.8. The van der Waals surface area contributed by atoms with E-state index in [1.807, 2.05) is 65.0 Å². The van der Waals surface area contributed by atoms with Crippen LogP contribution in [0.25, 0.3) is 22.6 Å². The van der Waals surface area contributed by atoms with Gasteiger partial charge in [-0.15, -0.1) is 0 Å². The fourth-order valence-corrected chi connectivity index (χ4v) is 5.08. The van der Waals surface area contributed by atoms with Crippen LogP contribution in [0.3, 0.4) is 0 Å². The SMILES string of the molecule is Cc1c(B2OC(C)(C)C(C)(C)O2)cccc1-c1nc2cc(CN3CCC(C(=O)O)C3)cc(Cl)c2o1. The van der Waals surface area contributed by atoms with Crippen molar-refractivity contribution in [1.82, 2.24) is 9.88 Å². The lowest BCUT2D eigenvalue weighted by Crippen LogP contribution is -2.41. The molecule has 1 atom stereocenters. The third-order valence-corrected chi connectivity index (χ3v) is 7.93. The molecule has 0 radical (unpaired) electrons. The highest BCUT2D eigenvalue weighted by Gasteiger charge is 2.52. The van der Waals surface area contributed by atoms with Crippen LogP contribution in [0.5, 0.6) is 0 Å². The molecule has 2 aliphatic heterocycles. The van der Waals surface area contributed by atoms with Crippen molar-refractivity contribution in [2.45, 2.75) is 58.8 Å². The van der Waals surface area contributed by atoms with Crippen LogP contribution in [0.1, 0.15) is 45.2 Å². The molecule has 3 aromatic rings. The monoisotopic (exact) mass is 496 g/mol. The van der Waals surface area contributed by atoms with Crippen LogP contribution in [-0.4, -0.2) is 52.4 Å². The minimum absolute atomic E-state index is 0.313. The summed E-state index contributed by atoms with van der Waals surface area (Å²) in [6.45, 7) is 12.1. The molecule has 9 heteroatoms. The molecule has 0 spiro atoms. The molecule has 1 aromatic heterocycles. The van der Waals surface area contributed by atoms with Crippen LogP contribution in [0, 0.1) is 12.8 Å². The zero-order valence-corrected chi connectivity index (χ0v) is 21.5. The second kappa shape index (κ2) is 8.62. The summed E-state index contributed by atoms with van der Waals surface area (Å²) in [7, 11) is -0.477. The van der Waals surface area contributed by atoms with E-state index in [1.54, 1.807) is 0 Å². The lowest BCUT2D eigenvalue weighted by Gasteiger charge is -2.32. The number of halogens is 1. The Morgan fingerprint density at radius 3 is 2.60 bits per heavy atom. The molecule has 1 N–H and O–H groups in total. The lowest BCUT2D eigenvalue weighted by atomic mass is 9.75. The molecule has 0 bridgehead atoms. The number of hydrogen-bond donors (Lipinski definition) is 1. The first-order valence-corrected chi connectivity index (χ1v) is 12.3. The number of benzene rings is 2. The Morgan fingerprint density at radius 2 is 1.94 bits per heavy atom. The fourth-order valence-electron chi connectivity index (χ4n) is 4.80. The molecule has 0 aliphatic carbocycles. The third kappa shape index (κ3) is 4.37. The zero-order valence-electron chi connectivity index (χ0n) is 20.7. The second-order valence-electron chi connectivity index (χ2n) is 10.6. The number of aromatic nitrogens is 1. The van der Waals surface area contributed by atoms with Crippen molar-refractivity contribution >= 4 is 41.3 Å². The summed E-state index contributed by atoms with van der Waals surface area (Å²) in [5, 5.41) is 9.76. The van der Waals surface area contributed by atoms with E-state index >= 15 is 0 Å². The van der Waals surface area contributed by atoms with Crippen LogP contribution in [0.15, 0.2) is 34.7 Å². The van der Waals surface area contributed by atoms with E-state index in [0.717, 1.165) is 28.7 Å². The topological polar surface area (TPSA) is 85.0 Å². The summed E-state index contributed by atoms with van der Waals surface area (Å²) in [4.78, 5) is 18.2. The van der Waals surface area contributed by atoms with Crippen molar-refractivity contribution in [3.8, 4) is 11.5 Å². The molecule has 184 valence electrons. The molecular formula is C26H30BClN2O5. The van der Waals surface area contributed by atoms with Gasteiger partial charge in [0.1, 0.15) is 5.52 Å². The predicted octanol–water partition coefficient (Wildman–Crippen LogP) is 4.66. The number of likely N-dealkylation sites (tertiary alicyclic amines) is 1. The molecule has 7 nitrogen and oxygen atoms in total. The van der Waals surface area contributed by atoms with Crippen molar-refractivity contribution in [2.24, 2.45) is 5.92 Å². The van der Waals surface area contributed by atoms with Crippen LogP contribution in [0.2, 0.25) is 5.02 Å². The number of carboxylic acid groups (broad SMARTS) is 1. The van der Waals surface area contributed by atoms with E-state index in [9.17, 15) is 9.90 Å².